The molecule has 0 bridgehead atoms. The van der Waals surface area contributed by atoms with Crippen LogP contribution in [-0.4, -0.2) is 43.0 Å². The second-order valence-electron chi connectivity index (χ2n) is 5.78. The van der Waals surface area contributed by atoms with Gasteiger partial charge in [-0.3, -0.25) is 19.6 Å². The van der Waals surface area contributed by atoms with E-state index in [1.165, 1.54) is 15.6 Å². The molecule has 11 nitrogen and oxygen atoms in total. The van der Waals surface area contributed by atoms with Gasteiger partial charge in [-0.05, 0) is 26.0 Å². The first kappa shape index (κ1) is 19.7. The van der Waals surface area contributed by atoms with Gasteiger partial charge in [0, 0.05) is 6.54 Å². The summed E-state index contributed by atoms with van der Waals surface area (Å²) < 4.78 is 7.59. The van der Waals surface area contributed by atoms with Crippen molar-refractivity contribution in [2.45, 2.75) is 20.4 Å². The Balaban J connectivity index is 2.07. The molecule has 2 aromatic heterocycles. The number of para-hydroxylation sites is 1. The van der Waals surface area contributed by atoms with Crippen molar-refractivity contribution in [3.63, 3.8) is 0 Å². The van der Waals surface area contributed by atoms with Crippen LogP contribution in [0.25, 0.3) is 5.69 Å². The van der Waals surface area contributed by atoms with Crippen molar-refractivity contribution in [1.29, 1.82) is 0 Å². The Labute approximate surface area is 165 Å². The molecule has 0 aliphatic heterocycles. The van der Waals surface area contributed by atoms with Crippen LogP contribution in [0, 0.1) is 10.1 Å². The van der Waals surface area contributed by atoms with E-state index in [1.54, 1.807) is 44.2 Å². The van der Waals surface area contributed by atoms with E-state index >= 15 is 0 Å². The van der Waals surface area contributed by atoms with Crippen LogP contribution in [0.2, 0.25) is 0 Å². The lowest BCUT2D eigenvalue weighted by Gasteiger charge is -2.11. The maximum atomic E-state index is 12.9. The molecule has 1 amide bonds. The molecule has 1 aromatic carbocycles. The van der Waals surface area contributed by atoms with E-state index in [2.05, 4.69) is 15.5 Å². The van der Waals surface area contributed by atoms with Crippen LogP contribution in [-0.2, 0) is 11.3 Å². The molecule has 0 spiro atoms. The molecule has 0 fully saturated rings. The Morgan fingerprint density at radius 1 is 1.17 bits per heavy atom. The van der Waals surface area contributed by atoms with Gasteiger partial charge in [0.25, 0.3) is 5.91 Å². The number of nitrogens with one attached hydrogen (secondary N) is 1. The molecule has 0 atom stereocenters. The van der Waals surface area contributed by atoms with Gasteiger partial charge in [0.2, 0.25) is 5.69 Å². The van der Waals surface area contributed by atoms with Gasteiger partial charge in [0.15, 0.2) is 5.82 Å². The van der Waals surface area contributed by atoms with Crippen molar-refractivity contribution in [2.75, 3.05) is 11.9 Å². The summed E-state index contributed by atoms with van der Waals surface area (Å²) in [6.45, 7) is 3.74. The smallest absolute Gasteiger partial charge is 0.343 e. The summed E-state index contributed by atoms with van der Waals surface area (Å²) in [5.41, 5.74) is -0.0629. The molecule has 3 rings (SSSR count). The predicted molar refractivity (Wildman–Crippen MR) is 102 cm³/mol. The van der Waals surface area contributed by atoms with Crippen LogP contribution < -0.4 is 5.32 Å². The van der Waals surface area contributed by atoms with Crippen molar-refractivity contribution in [3.8, 4) is 5.69 Å². The number of ether oxygens (including phenoxy) is 1. The van der Waals surface area contributed by atoms with Crippen molar-refractivity contribution in [3.05, 3.63) is 64.1 Å². The van der Waals surface area contributed by atoms with Gasteiger partial charge in [-0.2, -0.15) is 10.2 Å². The molecule has 0 saturated heterocycles. The summed E-state index contributed by atoms with van der Waals surface area (Å²) in [5, 5.41) is 21.9. The van der Waals surface area contributed by atoms with Crippen LogP contribution in [0.3, 0.4) is 0 Å². The third kappa shape index (κ3) is 3.83. The summed E-state index contributed by atoms with van der Waals surface area (Å²) >= 11 is 0. The van der Waals surface area contributed by atoms with E-state index in [0.29, 0.717) is 5.69 Å². The molecule has 2 heterocycles. The Morgan fingerprint density at radius 3 is 2.52 bits per heavy atom. The third-order valence-corrected chi connectivity index (χ3v) is 4.03. The van der Waals surface area contributed by atoms with E-state index < -0.39 is 22.5 Å². The van der Waals surface area contributed by atoms with E-state index in [0.717, 1.165) is 6.20 Å². The second-order valence-corrected chi connectivity index (χ2v) is 5.78. The Kier molecular flexibility index (Phi) is 5.67. The number of anilines is 1. The maximum Gasteiger partial charge on any atom is 0.343 e. The van der Waals surface area contributed by atoms with Crippen molar-refractivity contribution in [2.24, 2.45) is 0 Å². The molecular formula is C18H18N6O5. The SMILES string of the molecule is CCOC(=O)c1cnn(-c2ccccc2)c1NC(=O)c1c([N+](=O)[O-])cnn1CC. The standard InChI is InChI=1S/C18H18N6O5/c1-3-22-15(14(11-19-22)24(27)28)17(25)21-16-13(18(26)29-4-2)10-20-23(16)12-8-6-5-7-9-12/h5-11H,3-4H2,1-2H3,(H,21,25). The van der Waals surface area contributed by atoms with E-state index in [1.807, 2.05) is 0 Å². The van der Waals surface area contributed by atoms with Gasteiger partial charge in [-0.25, -0.2) is 9.48 Å². The zero-order valence-electron chi connectivity index (χ0n) is 15.7. The molecule has 0 radical (unpaired) electrons. The number of hydrogen-bond acceptors (Lipinski definition) is 7. The number of aromatic nitrogens is 4. The number of nitro groups is 1. The Hall–Kier alpha value is -4.02. The Bertz CT molecular complexity index is 1060. The minimum Gasteiger partial charge on any atom is -0.462 e. The fourth-order valence-corrected chi connectivity index (χ4v) is 2.74. The molecule has 3 aromatic rings. The lowest BCUT2D eigenvalue weighted by atomic mass is 10.2. The van der Waals surface area contributed by atoms with Crippen LogP contribution in [0.5, 0.6) is 0 Å². The first-order valence-electron chi connectivity index (χ1n) is 8.80. The van der Waals surface area contributed by atoms with E-state index in [4.69, 9.17) is 4.74 Å². The zero-order valence-corrected chi connectivity index (χ0v) is 15.7. The maximum absolute atomic E-state index is 12.9. The molecule has 29 heavy (non-hydrogen) atoms. The highest BCUT2D eigenvalue weighted by atomic mass is 16.6. The normalized spacial score (nSPS) is 10.6. The van der Waals surface area contributed by atoms with Crippen molar-refractivity contribution in [1.82, 2.24) is 19.6 Å². The summed E-state index contributed by atoms with van der Waals surface area (Å²) in [4.78, 5) is 35.9. The van der Waals surface area contributed by atoms with Crippen molar-refractivity contribution < 1.29 is 19.2 Å². The van der Waals surface area contributed by atoms with Crippen LogP contribution >= 0.6 is 0 Å². The third-order valence-electron chi connectivity index (χ3n) is 4.03. The number of benzene rings is 1. The minimum atomic E-state index is -0.792. The summed E-state index contributed by atoms with van der Waals surface area (Å²) in [6, 6.07) is 8.81. The first-order chi connectivity index (χ1) is 14.0. The van der Waals surface area contributed by atoms with Gasteiger partial charge in [-0.1, -0.05) is 18.2 Å². The van der Waals surface area contributed by atoms with Crippen LogP contribution in [0.1, 0.15) is 34.7 Å². The summed E-state index contributed by atoms with van der Waals surface area (Å²) in [7, 11) is 0. The Morgan fingerprint density at radius 2 is 1.90 bits per heavy atom. The van der Waals surface area contributed by atoms with Gasteiger partial charge < -0.3 is 10.1 Å². The number of carbonyl (C=O) groups excluding carboxylic acids is 2. The predicted octanol–water partition coefficient (Wildman–Crippen LogP) is 2.43. The largest absolute Gasteiger partial charge is 0.462 e. The quantitative estimate of drug-likeness (QED) is 0.367. The fraction of sp³-hybridized carbons (Fsp3) is 0.222. The van der Waals surface area contributed by atoms with E-state index in [9.17, 15) is 19.7 Å². The molecule has 0 unspecified atom stereocenters. The number of nitrogens with zero attached hydrogens (tertiary/aromatic N) is 5. The second kappa shape index (κ2) is 8.33. The topological polar surface area (TPSA) is 134 Å². The molecule has 1 N–H and O–H groups in total. The average Bonchev–Trinajstić information content (AvgIpc) is 3.33. The van der Waals surface area contributed by atoms with Gasteiger partial charge >= 0.3 is 11.7 Å². The highest BCUT2D eigenvalue weighted by Gasteiger charge is 2.29. The summed E-state index contributed by atoms with van der Waals surface area (Å²) in [6.07, 6.45) is 2.28. The van der Waals surface area contributed by atoms with Gasteiger partial charge in [-0.15, -0.1) is 0 Å². The van der Waals surface area contributed by atoms with Crippen molar-refractivity contribution >= 4 is 23.4 Å². The highest BCUT2D eigenvalue weighted by Crippen LogP contribution is 2.24. The molecular weight excluding hydrogens is 380 g/mol. The average molecular weight is 398 g/mol. The number of carbonyl (C=O) groups is 2. The molecule has 0 aliphatic rings. The minimum absolute atomic E-state index is 0.0225. The molecule has 0 saturated carbocycles. The number of hydrogen-bond donors (Lipinski definition) is 1. The monoisotopic (exact) mass is 398 g/mol. The number of amides is 1. The van der Waals surface area contributed by atoms with Crippen LogP contribution in [0.4, 0.5) is 11.5 Å². The van der Waals surface area contributed by atoms with Gasteiger partial charge in [0.1, 0.15) is 11.8 Å². The number of rotatable bonds is 7. The lowest BCUT2D eigenvalue weighted by molar-refractivity contribution is -0.385. The van der Waals surface area contributed by atoms with Gasteiger partial charge in [0.05, 0.1) is 23.4 Å². The lowest BCUT2D eigenvalue weighted by Crippen LogP contribution is -2.22. The number of aryl methyl sites for hydroxylation is 1. The van der Waals surface area contributed by atoms with E-state index in [-0.39, 0.29) is 30.2 Å². The number of esters is 1. The molecule has 0 aliphatic carbocycles. The molecule has 11 heteroatoms. The molecule has 150 valence electrons. The van der Waals surface area contributed by atoms with Crippen LogP contribution in [0.15, 0.2) is 42.7 Å². The summed E-state index contributed by atoms with van der Waals surface area (Å²) in [5.74, 6) is -1.43. The zero-order chi connectivity index (χ0) is 21.0. The fourth-order valence-electron chi connectivity index (χ4n) is 2.74. The first-order valence-corrected chi connectivity index (χ1v) is 8.80. The highest BCUT2D eigenvalue weighted by molar-refractivity contribution is 6.08.